The molecule has 0 saturated carbocycles. The number of aromatic nitrogens is 2. The Morgan fingerprint density at radius 1 is 1.11 bits per heavy atom. The van der Waals surface area contributed by atoms with Gasteiger partial charge in [0.05, 0.1) is 19.4 Å². The Balaban J connectivity index is 1.62. The monoisotopic (exact) mass is 371 g/mol. The first kappa shape index (κ1) is 18.9. The average molecular weight is 371 g/mol. The zero-order chi connectivity index (χ0) is 19.1. The summed E-state index contributed by atoms with van der Waals surface area (Å²) in [4.78, 5) is 25.1. The number of ether oxygens (including phenoxy) is 2. The summed E-state index contributed by atoms with van der Waals surface area (Å²) in [6, 6.07) is 9.77. The van der Waals surface area contributed by atoms with E-state index in [1.807, 2.05) is 18.2 Å². The van der Waals surface area contributed by atoms with E-state index in [9.17, 15) is 4.79 Å². The summed E-state index contributed by atoms with van der Waals surface area (Å²) in [5, 5.41) is 2.78. The highest BCUT2D eigenvalue weighted by Gasteiger charge is 2.21. The third kappa shape index (κ3) is 4.65. The lowest BCUT2D eigenvalue weighted by molar-refractivity contribution is 0.0932. The van der Waals surface area contributed by atoms with Crippen molar-refractivity contribution < 1.29 is 14.3 Å². The van der Waals surface area contributed by atoms with E-state index in [0.717, 1.165) is 43.4 Å². The van der Waals surface area contributed by atoms with E-state index in [0.29, 0.717) is 18.8 Å². The predicted molar refractivity (Wildman–Crippen MR) is 104 cm³/mol. The molecule has 1 aromatic carbocycles. The number of rotatable bonds is 7. The molecule has 1 fully saturated rings. The summed E-state index contributed by atoms with van der Waals surface area (Å²) in [6.45, 7) is 4.22. The Bertz CT molecular complexity index is 763. The Hall–Kier alpha value is -2.87. The van der Waals surface area contributed by atoms with Gasteiger partial charge in [0.2, 0.25) is 0 Å². The Labute approximate surface area is 159 Å². The first-order valence-electron chi connectivity index (χ1n) is 8.95. The van der Waals surface area contributed by atoms with Crippen LogP contribution >= 0.6 is 0 Å². The number of anilines is 2. The maximum Gasteiger partial charge on any atom is 0.270 e. The number of amides is 1. The van der Waals surface area contributed by atoms with Gasteiger partial charge in [0.1, 0.15) is 23.6 Å². The van der Waals surface area contributed by atoms with Crippen LogP contribution in [0.3, 0.4) is 0 Å². The normalized spacial score (nSPS) is 14.1. The topological polar surface area (TPSA) is 79.8 Å². The van der Waals surface area contributed by atoms with Crippen LogP contribution in [0.2, 0.25) is 0 Å². The van der Waals surface area contributed by atoms with Gasteiger partial charge in [-0.15, -0.1) is 0 Å². The summed E-state index contributed by atoms with van der Waals surface area (Å²) in [7, 11) is 3.29. The molecular formula is C19H25N5O3. The van der Waals surface area contributed by atoms with Gasteiger partial charge in [-0.2, -0.15) is 0 Å². The highest BCUT2D eigenvalue weighted by atomic mass is 16.5. The Kier molecular flexibility index (Phi) is 6.43. The number of benzene rings is 1. The number of hydrogen-bond acceptors (Lipinski definition) is 7. The SMILES string of the molecule is COCCNC(=O)c1cc(N2CCN(c3ccccc3OC)CC2)ncn1. The number of carbonyl (C=O) groups is 1. The van der Waals surface area contributed by atoms with Crippen LogP contribution in [0.4, 0.5) is 11.5 Å². The second-order valence-electron chi connectivity index (χ2n) is 6.16. The van der Waals surface area contributed by atoms with E-state index in [2.05, 4.69) is 31.2 Å². The maximum absolute atomic E-state index is 12.2. The first-order valence-corrected chi connectivity index (χ1v) is 8.95. The Morgan fingerprint density at radius 3 is 2.59 bits per heavy atom. The number of nitrogens with one attached hydrogen (secondary N) is 1. The minimum atomic E-state index is -0.219. The summed E-state index contributed by atoms with van der Waals surface area (Å²) >= 11 is 0. The summed E-state index contributed by atoms with van der Waals surface area (Å²) in [6.07, 6.45) is 1.44. The van der Waals surface area contributed by atoms with Crippen LogP contribution in [-0.4, -0.2) is 69.4 Å². The van der Waals surface area contributed by atoms with Gasteiger partial charge in [-0.25, -0.2) is 9.97 Å². The molecule has 3 rings (SSSR count). The van der Waals surface area contributed by atoms with Crippen LogP contribution in [0.5, 0.6) is 5.75 Å². The Morgan fingerprint density at radius 2 is 1.85 bits per heavy atom. The highest BCUT2D eigenvalue weighted by Crippen LogP contribution is 2.28. The van der Waals surface area contributed by atoms with Gasteiger partial charge in [-0.05, 0) is 12.1 Å². The van der Waals surface area contributed by atoms with Crippen molar-refractivity contribution in [3.63, 3.8) is 0 Å². The van der Waals surface area contributed by atoms with E-state index < -0.39 is 0 Å². The third-order valence-electron chi connectivity index (χ3n) is 4.51. The van der Waals surface area contributed by atoms with Crippen molar-refractivity contribution in [3.8, 4) is 5.75 Å². The van der Waals surface area contributed by atoms with Gasteiger partial charge in [0.15, 0.2) is 0 Å². The quantitative estimate of drug-likeness (QED) is 0.732. The van der Waals surface area contributed by atoms with Gasteiger partial charge in [-0.1, -0.05) is 12.1 Å². The number of nitrogens with zero attached hydrogens (tertiary/aromatic N) is 4. The van der Waals surface area contributed by atoms with Crippen LogP contribution in [-0.2, 0) is 4.74 Å². The molecule has 0 radical (unpaired) electrons. The van der Waals surface area contributed by atoms with E-state index in [1.54, 1.807) is 20.3 Å². The molecule has 8 nitrogen and oxygen atoms in total. The second kappa shape index (κ2) is 9.18. The molecule has 27 heavy (non-hydrogen) atoms. The number of hydrogen-bond donors (Lipinski definition) is 1. The molecule has 0 atom stereocenters. The molecule has 0 unspecified atom stereocenters. The van der Waals surface area contributed by atoms with Crippen molar-refractivity contribution in [2.45, 2.75) is 0 Å². The molecule has 1 saturated heterocycles. The third-order valence-corrected chi connectivity index (χ3v) is 4.51. The smallest absolute Gasteiger partial charge is 0.270 e. The van der Waals surface area contributed by atoms with Crippen LogP contribution in [0.25, 0.3) is 0 Å². The number of methoxy groups -OCH3 is 2. The summed E-state index contributed by atoms with van der Waals surface area (Å²) in [5.41, 5.74) is 1.46. The van der Waals surface area contributed by atoms with Gasteiger partial charge < -0.3 is 24.6 Å². The standard InChI is InChI=1S/C19H25N5O3/c1-26-12-7-20-19(25)15-13-18(22-14-21-15)24-10-8-23(9-11-24)16-5-3-4-6-17(16)27-2/h3-6,13-14H,7-12H2,1-2H3,(H,20,25). The largest absolute Gasteiger partial charge is 0.495 e. The van der Waals surface area contributed by atoms with E-state index in [4.69, 9.17) is 9.47 Å². The second-order valence-corrected chi connectivity index (χ2v) is 6.16. The fourth-order valence-electron chi connectivity index (χ4n) is 3.07. The highest BCUT2D eigenvalue weighted by molar-refractivity contribution is 5.92. The van der Waals surface area contributed by atoms with E-state index >= 15 is 0 Å². The lowest BCUT2D eigenvalue weighted by Crippen LogP contribution is -2.47. The van der Waals surface area contributed by atoms with Crippen molar-refractivity contribution >= 4 is 17.4 Å². The van der Waals surface area contributed by atoms with E-state index in [1.165, 1.54) is 6.33 Å². The fraction of sp³-hybridized carbons (Fsp3) is 0.421. The van der Waals surface area contributed by atoms with Crippen LogP contribution in [0, 0.1) is 0 Å². The van der Waals surface area contributed by atoms with Gasteiger partial charge in [0, 0.05) is 45.9 Å². The molecule has 1 aromatic heterocycles. The summed E-state index contributed by atoms with van der Waals surface area (Å²) < 4.78 is 10.4. The number of para-hydroxylation sites is 2. The maximum atomic E-state index is 12.2. The molecule has 1 aliphatic heterocycles. The average Bonchev–Trinajstić information content (AvgIpc) is 2.74. The molecule has 1 amide bonds. The molecule has 0 bridgehead atoms. The van der Waals surface area contributed by atoms with Gasteiger partial charge in [-0.3, -0.25) is 4.79 Å². The molecule has 0 aliphatic carbocycles. The molecular weight excluding hydrogens is 346 g/mol. The molecule has 2 heterocycles. The molecule has 2 aromatic rings. The molecule has 8 heteroatoms. The number of piperazine rings is 1. The van der Waals surface area contributed by atoms with Gasteiger partial charge >= 0.3 is 0 Å². The van der Waals surface area contributed by atoms with Crippen LogP contribution < -0.4 is 19.9 Å². The van der Waals surface area contributed by atoms with E-state index in [-0.39, 0.29) is 5.91 Å². The molecule has 1 N–H and O–H groups in total. The van der Waals surface area contributed by atoms with Crippen molar-refractivity contribution in [1.29, 1.82) is 0 Å². The number of carbonyl (C=O) groups excluding carboxylic acids is 1. The molecule has 0 spiro atoms. The lowest BCUT2D eigenvalue weighted by atomic mass is 10.2. The predicted octanol–water partition coefficient (Wildman–Crippen LogP) is 1.19. The van der Waals surface area contributed by atoms with Crippen LogP contribution in [0.15, 0.2) is 36.7 Å². The van der Waals surface area contributed by atoms with Gasteiger partial charge in [0.25, 0.3) is 5.91 Å². The lowest BCUT2D eigenvalue weighted by Gasteiger charge is -2.37. The van der Waals surface area contributed by atoms with Crippen molar-refractivity contribution in [2.75, 3.05) is 63.4 Å². The minimum absolute atomic E-state index is 0.219. The minimum Gasteiger partial charge on any atom is -0.495 e. The van der Waals surface area contributed by atoms with Crippen molar-refractivity contribution in [1.82, 2.24) is 15.3 Å². The summed E-state index contributed by atoms with van der Waals surface area (Å²) in [5.74, 6) is 1.42. The fourth-order valence-corrected chi connectivity index (χ4v) is 3.07. The van der Waals surface area contributed by atoms with Crippen molar-refractivity contribution in [2.24, 2.45) is 0 Å². The van der Waals surface area contributed by atoms with Crippen molar-refractivity contribution in [3.05, 3.63) is 42.4 Å². The molecule has 144 valence electrons. The zero-order valence-electron chi connectivity index (χ0n) is 15.7. The molecule has 1 aliphatic rings. The van der Waals surface area contributed by atoms with Crippen LogP contribution in [0.1, 0.15) is 10.5 Å². The first-order chi connectivity index (χ1) is 13.2. The zero-order valence-corrected chi connectivity index (χ0v) is 15.7.